The second-order valence-corrected chi connectivity index (χ2v) is 6.72. The zero-order valence-corrected chi connectivity index (χ0v) is 14.2. The number of fused-ring (bicyclic) bond motifs is 6. The van der Waals surface area contributed by atoms with Crippen molar-refractivity contribution in [2.24, 2.45) is 0 Å². The molecule has 0 unspecified atom stereocenters. The fourth-order valence-corrected chi connectivity index (χ4v) is 4.12. The molecule has 0 heterocycles. The number of hydrogen-bond acceptors (Lipinski definition) is 0. The molecule has 0 bridgehead atoms. The minimum absolute atomic E-state index is 0.284. The van der Waals surface area contributed by atoms with Gasteiger partial charge in [0.1, 0.15) is 5.82 Å². The summed E-state index contributed by atoms with van der Waals surface area (Å²) in [6.45, 7) is 2.06. The summed E-state index contributed by atoms with van der Waals surface area (Å²) < 4.78 is 13.8. The van der Waals surface area contributed by atoms with E-state index in [9.17, 15) is 4.39 Å². The van der Waals surface area contributed by atoms with E-state index in [-0.39, 0.29) is 5.82 Å². The zero-order valence-electron chi connectivity index (χ0n) is 14.2. The van der Waals surface area contributed by atoms with E-state index < -0.39 is 0 Å². The highest BCUT2D eigenvalue weighted by molar-refractivity contribution is 6.00. The number of rotatable bonds is 0. The SMILES string of the molecule is C#CC1=c2cc3c(cc2-c2ccc(C)cc21)=C(C#C)c1cc(F)ccc1-3. The molecule has 0 atom stereocenters. The Morgan fingerprint density at radius 2 is 1.19 bits per heavy atom. The van der Waals surface area contributed by atoms with E-state index in [4.69, 9.17) is 12.8 Å². The second kappa shape index (κ2) is 4.98. The molecule has 3 aromatic carbocycles. The molecule has 0 radical (unpaired) electrons. The Bertz CT molecular complexity index is 1250. The first-order valence-corrected chi connectivity index (χ1v) is 8.40. The van der Waals surface area contributed by atoms with E-state index in [0.717, 1.165) is 55.0 Å². The first kappa shape index (κ1) is 14.8. The summed E-state index contributed by atoms with van der Waals surface area (Å²) in [5, 5.41) is 2.01. The zero-order chi connectivity index (χ0) is 18.0. The van der Waals surface area contributed by atoms with Crippen molar-refractivity contribution in [2.45, 2.75) is 6.92 Å². The van der Waals surface area contributed by atoms with E-state index in [0.29, 0.717) is 0 Å². The molecule has 0 amide bonds. The molecule has 0 saturated carbocycles. The van der Waals surface area contributed by atoms with Gasteiger partial charge < -0.3 is 0 Å². The van der Waals surface area contributed by atoms with Crippen LogP contribution in [0.25, 0.3) is 33.4 Å². The van der Waals surface area contributed by atoms with Crippen LogP contribution in [0.5, 0.6) is 0 Å². The van der Waals surface area contributed by atoms with Gasteiger partial charge in [-0.25, -0.2) is 4.39 Å². The van der Waals surface area contributed by atoms with Crippen LogP contribution >= 0.6 is 0 Å². The largest absolute Gasteiger partial charge is 0.207 e. The standard InChI is InChI=1S/C25H13F/c1-4-16-20-10-14(3)6-8-18(20)24-13-23-17(5-2)21-11-15(26)7-9-19(21)25(23)12-22(16)24/h1-2,6-13H,3H3. The summed E-state index contributed by atoms with van der Waals surface area (Å²) in [5.41, 5.74) is 8.87. The van der Waals surface area contributed by atoms with Gasteiger partial charge in [-0.15, -0.1) is 12.8 Å². The highest BCUT2D eigenvalue weighted by atomic mass is 19.1. The van der Waals surface area contributed by atoms with Gasteiger partial charge in [-0.1, -0.05) is 41.7 Å². The summed E-state index contributed by atoms with van der Waals surface area (Å²) in [7, 11) is 0. The van der Waals surface area contributed by atoms with Gasteiger partial charge >= 0.3 is 0 Å². The third kappa shape index (κ3) is 1.75. The Morgan fingerprint density at radius 3 is 1.77 bits per heavy atom. The fourth-order valence-electron chi connectivity index (χ4n) is 4.12. The molecule has 0 spiro atoms. The topological polar surface area (TPSA) is 0 Å². The van der Waals surface area contributed by atoms with Crippen LogP contribution in [0.1, 0.15) is 16.7 Å². The molecular weight excluding hydrogens is 319 g/mol. The Labute approximate surface area is 151 Å². The number of benzene rings is 3. The lowest BCUT2D eigenvalue weighted by Gasteiger charge is -2.04. The van der Waals surface area contributed by atoms with E-state index in [2.05, 4.69) is 49.1 Å². The average Bonchev–Trinajstić information content (AvgIpc) is 3.10. The first-order chi connectivity index (χ1) is 12.6. The van der Waals surface area contributed by atoms with Crippen molar-refractivity contribution in [3.63, 3.8) is 0 Å². The van der Waals surface area contributed by atoms with Gasteiger partial charge in [0.05, 0.1) is 0 Å². The maximum atomic E-state index is 13.8. The Kier molecular flexibility index (Phi) is 2.83. The van der Waals surface area contributed by atoms with Crippen molar-refractivity contribution in [3.05, 3.63) is 81.5 Å². The smallest absolute Gasteiger partial charge is 0.123 e. The monoisotopic (exact) mass is 332 g/mol. The Balaban J connectivity index is 1.96. The number of halogens is 1. The van der Waals surface area contributed by atoms with Crippen molar-refractivity contribution in [1.29, 1.82) is 0 Å². The third-order valence-corrected chi connectivity index (χ3v) is 5.26. The predicted molar refractivity (Wildman–Crippen MR) is 104 cm³/mol. The molecule has 0 N–H and O–H groups in total. The normalized spacial score (nSPS) is 12.8. The molecule has 3 aromatic rings. The van der Waals surface area contributed by atoms with Gasteiger partial charge in [0, 0.05) is 16.7 Å². The average molecular weight is 332 g/mol. The maximum Gasteiger partial charge on any atom is 0.123 e. The van der Waals surface area contributed by atoms with Crippen molar-refractivity contribution in [3.8, 4) is 46.9 Å². The quantitative estimate of drug-likeness (QED) is 0.550. The lowest BCUT2D eigenvalue weighted by atomic mass is 9.99. The first-order valence-electron chi connectivity index (χ1n) is 8.40. The van der Waals surface area contributed by atoms with Gasteiger partial charge in [0.15, 0.2) is 0 Å². The molecule has 0 aromatic heterocycles. The Hall–Kier alpha value is -3.55. The maximum absolute atomic E-state index is 13.8. The third-order valence-electron chi connectivity index (χ3n) is 5.26. The molecule has 120 valence electrons. The van der Waals surface area contributed by atoms with Crippen molar-refractivity contribution < 1.29 is 4.39 Å². The molecular formula is C25H13F. The van der Waals surface area contributed by atoms with E-state index in [1.807, 2.05) is 0 Å². The highest BCUT2D eigenvalue weighted by Gasteiger charge is 2.24. The van der Waals surface area contributed by atoms with Crippen molar-refractivity contribution in [1.82, 2.24) is 0 Å². The summed E-state index contributed by atoms with van der Waals surface area (Å²) in [5.74, 6) is 5.33. The van der Waals surface area contributed by atoms with Crippen LogP contribution in [0.4, 0.5) is 4.39 Å². The van der Waals surface area contributed by atoms with Crippen LogP contribution in [0, 0.1) is 37.4 Å². The lowest BCUT2D eigenvalue weighted by molar-refractivity contribution is 0.627. The molecule has 1 heteroatoms. The van der Waals surface area contributed by atoms with Crippen LogP contribution < -0.4 is 10.4 Å². The lowest BCUT2D eigenvalue weighted by Crippen LogP contribution is -2.13. The second-order valence-electron chi connectivity index (χ2n) is 6.72. The molecule has 2 aliphatic carbocycles. The summed E-state index contributed by atoms with van der Waals surface area (Å²) in [6.07, 6.45) is 11.6. The van der Waals surface area contributed by atoms with Crippen LogP contribution in [-0.4, -0.2) is 0 Å². The molecule has 0 fully saturated rings. The number of terminal acetylenes is 2. The summed E-state index contributed by atoms with van der Waals surface area (Å²) in [4.78, 5) is 0. The summed E-state index contributed by atoms with van der Waals surface area (Å²) >= 11 is 0. The van der Waals surface area contributed by atoms with Crippen molar-refractivity contribution in [2.75, 3.05) is 0 Å². The molecule has 0 saturated heterocycles. The minimum Gasteiger partial charge on any atom is -0.207 e. The predicted octanol–water partition coefficient (Wildman–Crippen LogP) is 3.76. The molecule has 0 aliphatic heterocycles. The van der Waals surface area contributed by atoms with Gasteiger partial charge in [-0.3, -0.25) is 0 Å². The molecule has 0 nitrogen and oxygen atoms in total. The van der Waals surface area contributed by atoms with Gasteiger partial charge in [-0.05, 0) is 69.4 Å². The van der Waals surface area contributed by atoms with E-state index in [1.54, 1.807) is 6.07 Å². The molecule has 26 heavy (non-hydrogen) atoms. The van der Waals surface area contributed by atoms with Gasteiger partial charge in [-0.2, -0.15) is 0 Å². The number of hydrogen-bond donors (Lipinski definition) is 0. The molecule has 5 rings (SSSR count). The fraction of sp³-hybridized carbons (Fsp3) is 0.0400. The minimum atomic E-state index is -0.284. The summed E-state index contributed by atoms with van der Waals surface area (Å²) in [6, 6.07) is 15.3. The highest BCUT2D eigenvalue weighted by Crippen LogP contribution is 2.36. The van der Waals surface area contributed by atoms with Crippen LogP contribution in [0.2, 0.25) is 0 Å². The van der Waals surface area contributed by atoms with Crippen LogP contribution in [-0.2, 0) is 0 Å². The Morgan fingerprint density at radius 1 is 0.654 bits per heavy atom. The van der Waals surface area contributed by atoms with Gasteiger partial charge in [0.2, 0.25) is 0 Å². The van der Waals surface area contributed by atoms with E-state index in [1.165, 1.54) is 17.7 Å². The van der Waals surface area contributed by atoms with Crippen LogP contribution in [0.3, 0.4) is 0 Å². The van der Waals surface area contributed by atoms with Crippen LogP contribution in [0.15, 0.2) is 48.5 Å². The molecule has 2 aliphatic rings. The van der Waals surface area contributed by atoms with E-state index >= 15 is 0 Å². The number of aryl methyl sites for hydroxylation is 1. The van der Waals surface area contributed by atoms with Crippen molar-refractivity contribution >= 4 is 11.1 Å². The van der Waals surface area contributed by atoms with Gasteiger partial charge in [0.25, 0.3) is 0 Å².